The second-order valence-corrected chi connectivity index (χ2v) is 7.55. The van der Waals surface area contributed by atoms with Gasteiger partial charge in [0.2, 0.25) is 10.0 Å². The summed E-state index contributed by atoms with van der Waals surface area (Å²) in [4.78, 5) is 0.374. The van der Waals surface area contributed by atoms with Crippen LogP contribution in [0.15, 0.2) is 4.90 Å². The van der Waals surface area contributed by atoms with Crippen molar-refractivity contribution >= 4 is 10.0 Å². The average molecular weight is 298 g/mol. The second kappa shape index (κ2) is 5.13. The van der Waals surface area contributed by atoms with E-state index >= 15 is 0 Å². The first-order valence-electron chi connectivity index (χ1n) is 7.33. The third kappa shape index (κ3) is 2.62. The molecule has 0 radical (unpaired) electrons. The van der Waals surface area contributed by atoms with Crippen molar-refractivity contribution in [2.45, 2.75) is 63.1 Å². The van der Waals surface area contributed by atoms with Crippen molar-refractivity contribution in [1.29, 1.82) is 0 Å². The maximum absolute atomic E-state index is 12.8. The predicted molar refractivity (Wildman–Crippen MR) is 75.8 cm³/mol. The van der Waals surface area contributed by atoms with Gasteiger partial charge in [0.1, 0.15) is 4.90 Å². The number of rotatable bonds is 7. The molecular formula is C13H22N4O2S. The Morgan fingerprint density at radius 3 is 2.60 bits per heavy atom. The van der Waals surface area contributed by atoms with Gasteiger partial charge in [0, 0.05) is 25.2 Å². The number of nitrogens with zero attached hydrogens (tertiary/aromatic N) is 2. The Bertz CT molecular complexity index is 588. The van der Waals surface area contributed by atoms with E-state index in [9.17, 15) is 8.42 Å². The van der Waals surface area contributed by atoms with Crippen molar-refractivity contribution in [2.75, 3.05) is 6.54 Å². The lowest BCUT2D eigenvalue weighted by molar-refractivity contribution is 0.420. The molecule has 0 saturated heterocycles. The monoisotopic (exact) mass is 298 g/mol. The van der Waals surface area contributed by atoms with Crippen LogP contribution in [0.1, 0.15) is 44.0 Å². The summed E-state index contributed by atoms with van der Waals surface area (Å²) >= 11 is 0. The minimum atomic E-state index is -3.43. The number of aryl methyl sites for hydroxylation is 1. The highest BCUT2D eigenvalue weighted by Gasteiger charge is 2.39. The maximum atomic E-state index is 12.8. The van der Waals surface area contributed by atoms with Crippen LogP contribution in [0.5, 0.6) is 0 Å². The Labute approximate surface area is 120 Å². The highest BCUT2D eigenvalue weighted by Crippen LogP contribution is 2.33. The largest absolute Gasteiger partial charge is 0.308 e. The molecular weight excluding hydrogens is 276 g/mol. The van der Waals surface area contributed by atoms with Crippen LogP contribution in [0, 0.1) is 6.92 Å². The van der Waals surface area contributed by atoms with Gasteiger partial charge in [-0.15, -0.1) is 0 Å². The molecule has 2 aliphatic carbocycles. The van der Waals surface area contributed by atoms with E-state index in [-0.39, 0.29) is 6.04 Å². The lowest BCUT2D eigenvalue weighted by Gasteiger charge is -2.20. The van der Waals surface area contributed by atoms with Gasteiger partial charge in [-0.25, -0.2) is 8.42 Å². The van der Waals surface area contributed by atoms with Crippen LogP contribution >= 0.6 is 0 Å². The molecule has 2 saturated carbocycles. The molecule has 0 spiro atoms. The van der Waals surface area contributed by atoms with E-state index in [2.05, 4.69) is 15.5 Å². The molecule has 0 atom stereocenters. The summed E-state index contributed by atoms with van der Waals surface area (Å²) in [5.41, 5.74) is 1.25. The molecule has 20 heavy (non-hydrogen) atoms. The fraction of sp³-hybridized carbons (Fsp3) is 0.769. The highest BCUT2D eigenvalue weighted by molar-refractivity contribution is 7.89. The van der Waals surface area contributed by atoms with Crippen molar-refractivity contribution in [2.24, 2.45) is 0 Å². The van der Waals surface area contributed by atoms with Crippen LogP contribution in [-0.4, -0.2) is 41.5 Å². The molecule has 1 aromatic heterocycles. The molecule has 0 bridgehead atoms. The number of hydrogen-bond acceptors (Lipinski definition) is 4. The molecule has 1 heterocycles. The van der Waals surface area contributed by atoms with E-state index in [1.807, 2.05) is 6.92 Å². The number of aromatic amines is 1. The third-order valence-electron chi connectivity index (χ3n) is 3.93. The normalized spacial score (nSPS) is 19.8. The Balaban J connectivity index is 1.88. The van der Waals surface area contributed by atoms with Crippen molar-refractivity contribution < 1.29 is 8.42 Å². The summed E-state index contributed by atoms with van der Waals surface area (Å²) in [7, 11) is -3.43. The second-order valence-electron chi connectivity index (χ2n) is 5.72. The smallest absolute Gasteiger partial charge is 0.247 e. The summed E-state index contributed by atoms with van der Waals surface area (Å²) in [6, 6.07) is 0.719. The van der Waals surface area contributed by atoms with Gasteiger partial charge >= 0.3 is 0 Å². The Morgan fingerprint density at radius 2 is 2.05 bits per heavy atom. The Kier molecular flexibility index (Phi) is 3.60. The number of H-pyrrole nitrogens is 1. The van der Waals surface area contributed by atoms with Gasteiger partial charge < -0.3 is 5.32 Å². The van der Waals surface area contributed by atoms with E-state index in [0.29, 0.717) is 35.4 Å². The van der Waals surface area contributed by atoms with Gasteiger partial charge in [-0.05, 0) is 32.6 Å². The molecule has 0 aliphatic heterocycles. The molecule has 6 nitrogen and oxygen atoms in total. The van der Waals surface area contributed by atoms with Crippen LogP contribution in [0.2, 0.25) is 0 Å². The zero-order valence-corrected chi connectivity index (χ0v) is 12.8. The molecule has 2 aliphatic rings. The first kappa shape index (κ1) is 14.0. The Hall–Kier alpha value is -0.920. The predicted octanol–water partition coefficient (Wildman–Crippen LogP) is 1.14. The van der Waals surface area contributed by atoms with Gasteiger partial charge in [-0.3, -0.25) is 5.10 Å². The molecule has 2 N–H and O–H groups in total. The van der Waals surface area contributed by atoms with E-state index in [1.165, 1.54) is 12.8 Å². The fourth-order valence-electron chi connectivity index (χ4n) is 2.56. The highest BCUT2D eigenvalue weighted by atomic mass is 32.2. The summed E-state index contributed by atoms with van der Waals surface area (Å²) in [5.74, 6) is 0. The van der Waals surface area contributed by atoms with Gasteiger partial charge in [0.25, 0.3) is 0 Å². The van der Waals surface area contributed by atoms with Crippen LogP contribution in [0.25, 0.3) is 0 Å². The summed E-state index contributed by atoms with van der Waals surface area (Å²) in [6.07, 6.45) is 4.29. The van der Waals surface area contributed by atoms with Gasteiger partial charge in [-0.2, -0.15) is 9.40 Å². The van der Waals surface area contributed by atoms with Crippen LogP contribution in [-0.2, 0) is 16.6 Å². The van der Waals surface area contributed by atoms with Gasteiger partial charge in [0.15, 0.2) is 0 Å². The molecule has 1 aromatic rings. The van der Waals surface area contributed by atoms with Crippen molar-refractivity contribution in [3.63, 3.8) is 0 Å². The van der Waals surface area contributed by atoms with Crippen LogP contribution < -0.4 is 5.32 Å². The molecule has 2 fully saturated rings. The minimum Gasteiger partial charge on any atom is -0.308 e. The third-order valence-corrected chi connectivity index (χ3v) is 6.16. The molecule has 0 unspecified atom stereocenters. The molecule has 0 aromatic carbocycles. The lowest BCUT2D eigenvalue weighted by atomic mass is 10.3. The van der Waals surface area contributed by atoms with E-state index in [4.69, 9.17) is 0 Å². The number of sulfonamides is 1. The van der Waals surface area contributed by atoms with Crippen LogP contribution in [0.4, 0.5) is 0 Å². The Morgan fingerprint density at radius 1 is 1.35 bits per heavy atom. The summed E-state index contributed by atoms with van der Waals surface area (Å²) < 4.78 is 27.3. The quantitative estimate of drug-likeness (QED) is 0.791. The van der Waals surface area contributed by atoms with Crippen molar-refractivity contribution in [1.82, 2.24) is 19.8 Å². The van der Waals surface area contributed by atoms with Crippen molar-refractivity contribution in [3.05, 3.63) is 11.4 Å². The average Bonchev–Trinajstić information content (AvgIpc) is 3.28. The number of nitrogens with one attached hydrogen (secondary N) is 2. The zero-order valence-electron chi connectivity index (χ0n) is 12.0. The topological polar surface area (TPSA) is 78.1 Å². The van der Waals surface area contributed by atoms with E-state index in [0.717, 1.165) is 12.8 Å². The first-order chi connectivity index (χ1) is 9.54. The first-order valence-corrected chi connectivity index (χ1v) is 8.77. The molecule has 0 amide bonds. The van der Waals surface area contributed by atoms with Gasteiger partial charge in [-0.1, -0.05) is 6.92 Å². The fourth-order valence-corrected chi connectivity index (χ4v) is 4.59. The van der Waals surface area contributed by atoms with Crippen LogP contribution in [0.3, 0.4) is 0 Å². The lowest BCUT2D eigenvalue weighted by Crippen LogP contribution is -2.34. The minimum absolute atomic E-state index is 0.184. The summed E-state index contributed by atoms with van der Waals surface area (Å²) in [5, 5.41) is 10.3. The van der Waals surface area contributed by atoms with E-state index in [1.54, 1.807) is 11.2 Å². The standard InChI is InChI=1S/C13H22N4O2S/c1-3-17(11-6-7-11)20(18,19)13-9(2)15-16-12(13)8-14-10-4-5-10/h10-11,14H,3-8H2,1-2H3,(H,15,16). The van der Waals surface area contributed by atoms with E-state index < -0.39 is 10.0 Å². The zero-order chi connectivity index (χ0) is 14.3. The van der Waals surface area contributed by atoms with Gasteiger partial charge in [0.05, 0.1) is 11.4 Å². The van der Waals surface area contributed by atoms with Crippen molar-refractivity contribution in [3.8, 4) is 0 Å². The summed E-state index contributed by atoms with van der Waals surface area (Å²) in [6.45, 7) is 4.72. The SMILES string of the molecule is CCN(C1CC1)S(=O)(=O)c1c(CNC2CC2)n[nH]c1C. The molecule has 3 rings (SSSR count). The number of hydrogen-bond donors (Lipinski definition) is 2. The molecule has 112 valence electrons. The maximum Gasteiger partial charge on any atom is 0.247 e. The number of aromatic nitrogens is 2. The molecule has 7 heteroatoms.